The Bertz CT molecular complexity index is 963. The molecule has 0 aromatic heterocycles. The summed E-state index contributed by atoms with van der Waals surface area (Å²) in [6.07, 6.45) is 2.17. The largest absolute Gasteiger partial charge is 0.497 e. The number of hydrogen-bond donors (Lipinski definition) is 2. The second-order valence-corrected chi connectivity index (χ2v) is 6.40. The molecule has 3 aromatic carbocycles. The fraction of sp³-hybridized carbons (Fsp3) is 0.0952. The number of ether oxygens (including phenoxy) is 1. The molecule has 1 atom stereocenters. The van der Waals surface area contributed by atoms with E-state index >= 15 is 0 Å². The van der Waals surface area contributed by atoms with Crippen LogP contribution in [-0.2, 0) is 0 Å². The average Bonchev–Trinajstić information content (AvgIpc) is 2.67. The first kappa shape index (κ1) is 15.7. The average molecular weight is 346 g/mol. The van der Waals surface area contributed by atoms with Gasteiger partial charge in [-0.1, -0.05) is 48.5 Å². The van der Waals surface area contributed by atoms with Crippen molar-refractivity contribution in [2.24, 2.45) is 0 Å². The van der Waals surface area contributed by atoms with Gasteiger partial charge in [-0.3, -0.25) is 0 Å². The van der Waals surface area contributed by atoms with E-state index in [-0.39, 0.29) is 6.04 Å². The van der Waals surface area contributed by atoms with Crippen LogP contribution in [0.2, 0.25) is 0 Å². The van der Waals surface area contributed by atoms with E-state index < -0.39 is 0 Å². The van der Waals surface area contributed by atoms with Gasteiger partial charge in [0, 0.05) is 5.70 Å². The maximum Gasteiger partial charge on any atom is 0.171 e. The van der Waals surface area contributed by atoms with E-state index in [0.29, 0.717) is 5.11 Å². The SMILES string of the molecule is COc1ccc([C@H]2C=C(c3ccc4ccccc4c3)NC(=S)N2)cc1. The summed E-state index contributed by atoms with van der Waals surface area (Å²) in [6, 6.07) is 22.9. The van der Waals surface area contributed by atoms with Crippen molar-refractivity contribution in [2.75, 3.05) is 7.11 Å². The molecule has 0 fully saturated rings. The molecule has 4 rings (SSSR count). The number of rotatable bonds is 3. The minimum Gasteiger partial charge on any atom is -0.497 e. The standard InChI is InChI=1S/C21H18N2OS/c1-24-18-10-8-15(9-11-18)19-13-20(23-21(25)22-19)17-7-6-14-4-2-3-5-16(14)12-17/h2-13,19H,1H3,(H2,22,23,25)/t19-/m1/s1. The molecule has 1 aliphatic heterocycles. The number of methoxy groups -OCH3 is 1. The van der Waals surface area contributed by atoms with Gasteiger partial charge in [0.2, 0.25) is 0 Å². The van der Waals surface area contributed by atoms with Crippen molar-refractivity contribution >= 4 is 33.8 Å². The van der Waals surface area contributed by atoms with Crippen LogP contribution in [0, 0.1) is 0 Å². The summed E-state index contributed by atoms with van der Waals surface area (Å²) in [4.78, 5) is 0. The number of fused-ring (bicyclic) bond motifs is 1. The lowest BCUT2D eigenvalue weighted by Crippen LogP contribution is -2.40. The summed E-state index contributed by atoms with van der Waals surface area (Å²) in [5.74, 6) is 0.846. The Balaban J connectivity index is 1.71. The lowest BCUT2D eigenvalue weighted by Gasteiger charge is -2.26. The number of thiocarbonyl (C=S) groups is 1. The van der Waals surface area contributed by atoms with Crippen LogP contribution in [0.4, 0.5) is 0 Å². The zero-order valence-electron chi connectivity index (χ0n) is 13.8. The van der Waals surface area contributed by atoms with Crippen LogP contribution in [0.5, 0.6) is 5.75 Å². The van der Waals surface area contributed by atoms with E-state index in [1.807, 2.05) is 12.1 Å². The zero-order valence-corrected chi connectivity index (χ0v) is 14.6. The van der Waals surface area contributed by atoms with Crippen molar-refractivity contribution in [3.8, 4) is 5.75 Å². The van der Waals surface area contributed by atoms with Gasteiger partial charge < -0.3 is 15.4 Å². The number of benzene rings is 3. The van der Waals surface area contributed by atoms with Crippen LogP contribution in [-0.4, -0.2) is 12.2 Å². The van der Waals surface area contributed by atoms with Gasteiger partial charge in [0.25, 0.3) is 0 Å². The molecule has 0 bridgehead atoms. The fourth-order valence-corrected chi connectivity index (χ4v) is 3.30. The Morgan fingerprint density at radius 2 is 1.68 bits per heavy atom. The van der Waals surface area contributed by atoms with Crippen LogP contribution >= 0.6 is 12.2 Å². The van der Waals surface area contributed by atoms with Crippen LogP contribution in [0.15, 0.2) is 72.8 Å². The molecule has 0 aliphatic carbocycles. The van der Waals surface area contributed by atoms with Crippen LogP contribution < -0.4 is 15.4 Å². The molecule has 0 saturated carbocycles. The molecule has 0 saturated heterocycles. The summed E-state index contributed by atoms with van der Waals surface area (Å²) in [6.45, 7) is 0. The summed E-state index contributed by atoms with van der Waals surface area (Å²) in [5.41, 5.74) is 3.29. The molecule has 1 heterocycles. The van der Waals surface area contributed by atoms with Gasteiger partial charge in [0.05, 0.1) is 13.2 Å². The van der Waals surface area contributed by atoms with E-state index in [1.54, 1.807) is 7.11 Å². The molecule has 2 N–H and O–H groups in total. The first-order chi connectivity index (χ1) is 12.2. The van der Waals surface area contributed by atoms with E-state index in [1.165, 1.54) is 10.8 Å². The Hall–Kier alpha value is -2.85. The molecule has 4 heteroatoms. The van der Waals surface area contributed by atoms with E-state index in [0.717, 1.165) is 22.6 Å². The molecule has 1 aliphatic rings. The van der Waals surface area contributed by atoms with Crippen molar-refractivity contribution < 1.29 is 4.74 Å². The second kappa shape index (κ2) is 6.57. The molecular weight excluding hydrogens is 328 g/mol. The minimum absolute atomic E-state index is 0.0288. The van der Waals surface area contributed by atoms with Gasteiger partial charge in [-0.25, -0.2) is 0 Å². The maximum atomic E-state index is 5.42. The monoisotopic (exact) mass is 346 g/mol. The molecule has 0 amide bonds. The van der Waals surface area contributed by atoms with E-state index in [2.05, 4.69) is 71.3 Å². The third-order valence-electron chi connectivity index (χ3n) is 4.40. The lowest BCUT2D eigenvalue weighted by molar-refractivity contribution is 0.414. The van der Waals surface area contributed by atoms with Crippen molar-refractivity contribution in [3.05, 3.63) is 83.9 Å². The van der Waals surface area contributed by atoms with Gasteiger partial charge in [-0.2, -0.15) is 0 Å². The topological polar surface area (TPSA) is 33.3 Å². The predicted octanol–water partition coefficient (Wildman–Crippen LogP) is 4.41. The fourth-order valence-electron chi connectivity index (χ4n) is 3.07. The first-order valence-electron chi connectivity index (χ1n) is 8.15. The van der Waals surface area contributed by atoms with Crippen molar-refractivity contribution in [3.63, 3.8) is 0 Å². The summed E-state index contributed by atoms with van der Waals surface area (Å²) >= 11 is 5.42. The van der Waals surface area contributed by atoms with E-state index in [4.69, 9.17) is 17.0 Å². The minimum atomic E-state index is 0.0288. The molecule has 0 radical (unpaired) electrons. The Morgan fingerprint density at radius 1 is 0.920 bits per heavy atom. The highest BCUT2D eigenvalue weighted by Gasteiger charge is 2.18. The molecule has 3 nitrogen and oxygen atoms in total. The Morgan fingerprint density at radius 3 is 2.44 bits per heavy atom. The van der Waals surface area contributed by atoms with Gasteiger partial charge in [-0.05, 0) is 58.4 Å². The molecule has 0 spiro atoms. The van der Waals surface area contributed by atoms with Crippen molar-refractivity contribution in [1.82, 2.24) is 10.6 Å². The summed E-state index contributed by atoms with van der Waals surface area (Å²) < 4.78 is 5.24. The van der Waals surface area contributed by atoms with Gasteiger partial charge in [0.1, 0.15) is 5.75 Å². The predicted molar refractivity (Wildman–Crippen MR) is 107 cm³/mol. The van der Waals surface area contributed by atoms with Gasteiger partial charge in [0.15, 0.2) is 5.11 Å². The second-order valence-electron chi connectivity index (χ2n) is 5.99. The van der Waals surface area contributed by atoms with Crippen LogP contribution in [0.3, 0.4) is 0 Å². The van der Waals surface area contributed by atoms with Gasteiger partial charge in [-0.15, -0.1) is 0 Å². The smallest absolute Gasteiger partial charge is 0.171 e. The molecular formula is C21H18N2OS. The third kappa shape index (κ3) is 3.21. The molecule has 0 unspecified atom stereocenters. The quantitative estimate of drug-likeness (QED) is 0.688. The highest BCUT2D eigenvalue weighted by atomic mass is 32.1. The Kier molecular flexibility index (Phi) is 4.12. The van der Waals surface area contributed by atoms with Crippen LogP contribution in [0.1, 0.15) is 17.2 Å². The molecule has 25 heavy (non-hydrogen) atoms. The zero-order chi connectivity index (χ0) is 17.2. The van der Waals surface area contributed by atoms with Crippen molar-refractivity contribution in [2.45, 2.75) is 6.04 Å². The molecule has 3 aromatic rings. The van der Waals surface area contributed by atoms with Crippen molar-refractivity contribution in [1.29, 1.82) is 0 Å². The Labute approximate surface area is 152 Å². The van der Waals surface area contributed by atoms with E-state index in [9.17, 15) is 0 Å². The summed E-state index contributed by atoms with van der Waals surface area (Å²) in [7, 11) is 1.67. The summed E-state index contributed by atoms with van der Waals surface area (Å²) in [5, 5.41) is 9.66. The number of nitrogens with one attached hydrogen (secondary N) is 2. The highest BCUT2D eigenvalue weighted by Crippen LogP contribution is 2.26. The normalized spacial score (nSPS) is 16.8. The lowest BCUT2D eigenvalue weighted by atomic mass is 10.00. The first-order valence-corrected chi connectivity index (χ1v) is 8.56. The third-order valence-corrected chi connectivity index (χ3v) is 4.62. The molecule has 124 valence electrons. The van der Waals surface area contributed by atoms with Crippen LogP contribution in [0.25, 0.3) is 16.5 Å². The maximum absolute atomic E-state index is 5.42. The number of hydrogen-bond acceptors (Lipinski definition) is 2. The highest BCUT2D eigenvalue weighted by molar-refractivity contribution is 7.80. The van der Waals surface area contributed by atoms with Gasteiger partial charge >= 0.3 is 0 Å².